The Kier molecular flexibility index (Phi) is 5.59. The van der Waals surface area contributed by atoms with Crippen molar-refractivity contribution in [3.05, 3.63) is 34.4 Å². The number of sulfonamides is 1. The van der Waals surface area contributed by atoms with Crippen LogP contribution in [-0.2, 0) is 14.8 Å². The third kappa shape index (κ3) is 4.59. The molecule has 0 heterocycles. The van der Waals surface area contributed by atoms with Crippen molar-refractivity contribution in [1.29, 1.82) is 0 Å². The lowest BCUT2D eigenvalue weighted by Gasteiger charge is -2.06. The normalized spacial score (nSPS) is 11.1. The maximum atomic E-state index is 11.8. The molecule has 110 valence electrons. The van der Waals surface area contributed by atoms with E-state index in [0.717, 1.165) is 24.3 Å². The molecule has 0 aliphatic rings. The van der Waals surface area contributed by atoms with Crippen molar-refractivity contribution in [3.8, 4) is 0 Å². The van der Waals surface area contributed by atoms with Gasteiger partial charge in [-0.1, -0.05) is 0 Å². The molecule has 1 rings (SSSR count). The SMILES string of the molecule is CCNC(=O)CCNS(=O)(=O)c1ccc([N+](=O)[O-])cc1. The summed E-state index contributed by atoms with van der Waals surface area (Å²) >= 11 is 0. The van der Waals surface area contributed by atoms with Gasteiger partial charge in [0.15, 0.2) is 0 Å². The fourth-order valence-electron chi connectivity index (χ4n) is 1.41. The van der Waals surface area contributed by atoms with Gasteiger partial charge in [0.2, 0.25) is 15.9 Å². The van der Waals surface area contributed by atoms with Crippen LogP contribution >= 0.6 is 0 Å². The van der Waals surface area contributed by atoms with Crippen LogP contribution in [0.4, 0.5) is 5.69 Å². The largest absolute Gasteiger partial charge is 0.356 e. The van der Waals surface area contributed by atoms with E-state index in [4.69, 9.17) is 0 Å². The number of amides is 1. The summed E-state index contributed by atoms with van der Waals surface area (Å²) in [6, 6.07) is 4.51. The van der Waals surface area contributed by atoms with Crippen LogP contribution in [0.3, 0.4) is 0 Å². The van der Waals surface area contributed by atoms with Crippen molar-refractivity contribution >= 4 is 21.6 Å². The summed E-state index contributed by atoms with van der Waals surface area (Å²) in [5, 5.41) is 13.0. The second-order valence-electron chi connectivity index (χ2n) is 3.85. The highest BCUT2D eigenvalue weighted by molar-refractivity contribution is 7.89. The molecule has 0 atom stereocenters. The molecule has 0 aromatic heterocycles. The third-order valence-electron chi connectivity index (χ3n) is 2.38. The number of non-ortho nitro benzene ring substituents is 1. The van der Waals surface area contributed by atoms with E-state index in [-0.39, 0.29) is 29.5 Å². The van der Waals surface area contributed by atoms with Gasteiger partial charge in [-0.2, -0.15) is 0 Å². The van der Waals surface area contributed by atoms with Crippen molar-refractivity contribution in [3.63, 3.8) is 0 Å². The molecule has 0 aliphatic heterocycles. The first-order valence-electron chi connectivity index (χ1n) is 5.87. The number of nitro groups is 1. The Balaban J connectivity index is 2.64. The van der Waals surface area contributed by atoms with Crippen LogP contribution in [0.5, 0.6) is 0 Å². The summed E-state index contributed by atoms with van der Waals surface area (Å²) in [6.45, 7) is 2.21. The van der Waals surface area contributed by atoms with Crippen LogP contribution in [0.25, 0.3) is 0 Å². The van der Waals surface area contributed by atoms with Crippen molar-refractivity contribution in [1.82, 2.24) is 10.0 Å². The molecule has 0 fully saturated rings. The van der Waals surface area contributed by atoms with Gasteiger partial charge in [-0.3, -0.25) is 14.9 Å². The van der Waals surface area contributed by atoms with Crippen LogP contribution in [0.1, 0.15) is 13.3 Å². The molecular weight excluding hydrogens is 286 g/mol. The second kappa shape index (κ2) is 6.96. The van der Waals surface area contributed by atoms with Gasteiger partial charge in [0.25, 0.3) is 5.69 Å². The minimum atomic E-state index is -3.77. The monoisotopic (exact) mass is 301 g/mol. The number of nitrogens with zero attached hydrogens (tertiary/aromatic N) is 1. The molecule has 0 aliphatic carbocycles. The number of hydrogen-bond donors (Lipinski definition) is 2. The Morgan fingerprint density at radius 1 is 1.30 bits per heavy atom. The number of carbonyl (C=O) groups excluding carboxylic acids is 1. The van der Waals surface area contributed by atoms with Crippen molar-refractivity contribution in [2.24, 2.45) is 0 Å². The zero-order chi connectivity index (χ0) is 15.2. The first-order valence-corrected chi connectivity index (χ1v) is 7.36. The van der Waals surface area contributed by atoms with Crippen molar-refractivity contribution < 1.29 is 18.1 Å². The Bertz CT molecular complexity index is 583. The van der Waals surface area contributed by atoms with E-state index in [1.807, 2.05) is 0 Å². The topological polar surface area (TPSA) is 118 Å². The van der Waals surface area contributed by atoms with Gasteiger partial charge >= 0.3 is 0 Å². The molecule has 0 bridgehead atoms. The van der Waals surface area contributed by atoms with Crippen LogP contribution < -0.4 is 10.0 Å². The molecule has 0 unspecified atom stereocenters. The number of benzene rings is 1. The summed E-state index contributed by atoms with van der Waals surface area (Å²) in [6.07, 6.45) is 0.0278. The van der Waals surface area contributed by atoms with E-state index in [0.29, 0.717) is 6.54 Å². The molecule has 0 saturated carbocycles. The maximum absolute atomic E-state index is 11.8. The van der Waals surface area contributed by atoms with E-state index in [9.17, 15) is 23.3 Å². The smallest absolute Gasteiger partial charge is 0.269 e. The lowest BCUT2D eigenvalue weighted by Crippen LogP contribution is -2.30. The fourth-order valence-corrected chi connectivity index (χ4v) is 2.45. The van der Waals surface area contributed by atoms with Gasteiger partial charge in [-0.15, -0.1) is 0 Å². The molecule has 1 aromatic carbocycles. The molecular formula is C11H15N3O5S. The molecule has 0 radical (unpaired) electrons. The average molecular weight is 301 g/mol. The lowest BCUT2D eigenvalue weighted by atomic mass is 10.3. The molecule has 1 amide bonds. The van der Waals surface area contributed by atoms with Crippen LogP contribution in [0, 0.1) is 10.1 Å². The average Bonchev–Trinajstić information content (AvgIpc) is 2.39. The summed E-state index contributed by atoms with van der Waals surface area (Å²) in [5.41, 5.74) is -0.189. The predicted molar refractivity (Wildman–Crippen MR) is 71.6 cm³/mol. The predicted octanol–water partition coefficient (Wildman–Crippen LogP) is 0.399. The fraction of sp³-hybridized carbons (Fsp3) is 0.364. The number of nitro benzene ring substituents is 1. The number of rotatable bonds is 7. The van der Waals surface area contributed by atoms with Crippen LogP contribution in [0.15, 0.2) is 29.2 Å². The standard InChI is InChI=1S/C11H15N3O5S/c1-2-12-11(15)7-8-13-20(18,19)10-5-3-9(4-6-10)14(16)17/h3-6,13H,2,7-8H2,1H3,(H,12,15). The van der Waals surface area contributed by atoms with Gasteiger partial charge in [-0.05, 0) is 19.1 Å². The third-order valence-corrected chi connectivity index (χ3v) is 3.85. The van der Waals surface area contributed by atoms with E-state index in [1.54, 1.807) is 6.92 Å². The van der Waals surface area contributed by atoms with Gasteiger partial charge < -0.3 is 5.32 Å². The molecule has 0 saturated heterocycles. The van der Waals surface area contributed by atoms with E-state index in [1.165, 1.54) is 0 Å². The first-order chi connectivity index (χ1) is 9.36. The molecule has 2 N–H and O–H groups in total. The Labute approximate surface area is 116 Å². The van der Waals surface area contributed by atoms with E-state index < -0.39 is 14.9 Å². The highest BCUT2D eigenvalue weighted by Gasteiger charge is 2.15. The Morgan fingerprint density at radius 3 is 2.40 bits per heavy atom. The summed E-state index contributed by atoms with van der Waals surface area (Å²) in [5.74, 6) is -0.251. The van der Waals surface area contributed by atoms with Gasteiger partial charge in [-0.25, -0.2) is 13.1 Å². The molecule has 20 heavy (non-hydrogen) atoms. The second-order valence-corrected chi connectivity index (χ2v) is 5.62. The van der Waals surface area contributed by atoms with E-state index in [2.05, 4.69) is 10.0 Å². The minimum Gasteiger partial charge on any atom is -0.356 e. The maximum Gasteiger partial charge on any atom is 0.269 e. The Hall–Kier alpha value is -2.00. The summed E-state index contributed by atoms with van der Waals surface area (Å²) in [7, 11) is -3.77. The Morgan fingerprint density at radius 2 is 1.90 bits per heavy atom. The molecule has 8 nitrogen and oxygen atoms in total. The zero-order valence-electron chi connectivity index (χ0n) is 10.8. The summed E-state index contributed by atoms with van der Waals surface area (Å²) < 4.78 is 25.9. The quantitative estimate of drug-likeness (QED) is 0.558. The molecule has 9 heteroatoms. The number of nitrogens with one attached hydrogen (secondary N) is 2. The molecule has 0 spiro atoms. The van der Waals surface area contributed by atoms with Crippen LogP contribution in [0.2, 0.25) is 0 Å². The van der Waals surface area contributed by atoms with E-state index >= 15 is 0 Å². The van der Waals surface area contributed by atoms with Gasteiger partial charge in [0.1, 0.15) is 0 Å². The minimum absolute atomic E-state index is 0.0278. The molecule has 1 aromatic rings. The zero-order valence-corrected chi connectivity index (χ0v) is 11.6. The first kappa shape index (κ1) is 16.1. The lowest BCUT2D eigenvalue weighted by molar-refractivity contribution is -0.384. The summed E-state index contributed by atoms with van der Waals surface area (Å²) in [4.78, 5) is 20.9. The van der Waals surface area contributed by atoms with Crippen LogP contribution in [-0.4, -0.2) is 32.3 Å². The van der Waals surface area contributed by atoms with Crippen molar-refractivity contribution in [2.45, 2.75) is 18.2 Å². The number of carbonyl (C=O) groups is 1. The number of hydrogen-bond acceptors (Lipinski definition) is 5. The highest BCUT2D eigenvalue weighted by Crippen LogP contribution is 2.15. The van der Waals surface area contributed by atoms with Gasteiger partial charge in [0, 0.05) is 31.6 Å². The highest BCUT2D eigenvalue weighted by atomic mass is 32.2. The van der Waals surface area contributed by atoms with Crippen molar-refractivity contribution in [2.75, 3.05) is 13.1 Å². The van der Waals surface area contributed by atoms with Gasteiger partial charge in [0.05, 0.1) is 9.82 Å².